The van der Waals surface area contributed by atoms with Crippen LogP contribution in [0.2, 0.25) is 12.1 Å². The molecule has 0 heterocycles. The lowest BCUT2D eigenvalue weighted by atomic mass is 9.63. The van der Waals surface area contributed by atoms with E-state index in [0.29, 0.717) is 0 Å². The van der Waals surface area contributed by atoms with Gasteiger partial charge < -0.3 is 0 Å². The molecule has 0 atom stereocenters. The van der Waals surface area contributed by atoms with Gasteiger partial charge in [0, 0.05) is 0 Å². The van der Waals surface area contributed by atoms with E-state index >= 15 is 0 Å². The predicted molar refractivity (Wildman–Crippen MR) is 59.0 cm³/mol. The number of rotatable bonds is 8. The van der Waals surface area contributed by atoms with Crippen molar-refractivity contribution in [2.24, 2.45) is 0 Å². The minimum Gasteiger partial charge on any atom is -0.0800 e. The molecular formula is C11H24B. The average molecular weight is 167 g/mol. The Balaban J connectivity index is 2.82. The second kappa shape index (κ2) is 9.16. The largest absolute Gasteiger partial charge is 0.112 e. The van der Waals surface area contributed by atoms with Gasteiger partial charge in [0.15, 0.2) is 0 Å². The molecule has 1 radical (unpaired) electrons. The van der Waals surface area contributed by atoms with Gasteiger partial charge >= 0.3 is 0 Å². The zero-order valence-electron chi connectivity index (χ0n) is 9.10. The quantitative estimate of drug-likeness (QED) is 0.373. The number of unbranched alkanes of at least 4 members (excludes halogenated alkanes) is 5. The highest BCUT2D eigenvalue weighted by atomic mass is 13.9. The van der Waals surface area contributed by atoms with Crippen molar-refractivity contribution >= 4 is 7.28 Å². The first-order valence-corrected chi connectivity index (χ1v) is 5.60. The van der Waals surface area contributed by atoms with Crippen molar-refractivity contribution in [3.63, 3.8) is 0 Å². The Kier molecular flexibility index (Phi) is 9.20. The van der Waals surface area contributed by atoms with E-state index in [1.807, 2.05) is 0 Å². The molecule has 0 fully saturated rings. The summed E-state index contributed by atoms with van der Waals surface area (Å²) < 4.78 is 0. The number of hydrogen-bond acceptors (Lipinski definition) is 0. The summed E-state index contributed by atoms with van der Waals surface area (Å²) in [5, 5.41) is 0. The van der Waals surface area contributed by atoms with Crippen LogP contribution in [0, 0.1) is 0 Å². The highest BCUT2D eigenvalue weighted by molar-refractivity contribution is 6.37. The van der Waals surface area contributed by atoms with Crippen LogP contribution in [0.25, 0.3) is 0 Å². The van der Waals surface area contributed by atoms with E-state index < -0.39 is 0 Å². The van der Waals surface area contributed by atoms with Gasteiger partial charge in [-0.1, -0.05) is 71.4 Å². The smallest absolute Gasteiger partial charge is 0.0800 e. The van der Waals surface area contributed by atoms with Gasteiger partial charge in [-0.15, -0.1) is 0 Å². The SMILES string of the molecule is CCCCCCCC[B]C(C)C. The van der Waals surface area contributed by atoms with E-state index in [1.54, 1.807) is 0 Å². The molecule has 0 aromatic carbocycles. The molecule has 0 spiro atoms. The maximum absolute atomic E-state index is 2.43. The van der Waals surface area contributed by atoms with E-state index in [0.717, 1.165) is 5.82 Å². The molecule has 0 aromatic heterocycles. The Morgan fingerprint density at radius 2 is 1.50 bits per heavy atom. The van der Waals surface area contributed by atoms with Crippen molar-refractivity contribution in [3.05, 3.63) is 0 Å². The molecule has 0 rings (SSSR count). The Bertz CT molecular complexity index is 79.1. The first-order chi connectivity index (χ1) is 5.77. The monoisotopic (exact) mass is 167 g/mol. The lowest BCUT2D eigenvalue weighted by molar-refractivity contribution is 0.623. The van der Waals surface area contributed by atoms with Gasteiger partial charge in [-0.05, 0) is 0 Å². The zero-order chi connectivity index (χ0) is 9.23. The van der Waals surface area contributed by atoms with Crippen LogP contribution in [0.15, 0.2) is 0 Å². The van der Waals surface area contributed by atoms with Gasteiger partial charge in [-0.2, -0.15) is 0 Å². The molecule has 0 saturated heterocycles. The van der Waals surface area contributed by atoms with Gasteiger partial charge in [0.25, 0.3) is 0 Å². The Morgan fingerprint density at radius 3 is 2.08 bits per heavy atom. The molecule has 0 bridgehead atoms. The fourth-order valence-corrected chi connectivity index (χ4v) is 1.38. The Hall–Kier alpha value is 0.0649. The summed E-state index contributed by atoms with van der Waals surface area (Å²) in [6.07, 6.45) is 9.83. The summed E-state index contributed by atoms with van der Waals surface area (Å²) in [6, 6.07) is 0. The van der Waals surface area contributed by atoms with Crippen molar-refractivity contribution in [2.45, 2.75) is 71.4 Å². The third-order valence-electron chi connectivity index (χ3n) is 2.20. The van der Waals surface area contributed by atoms with Gasteiger partial charge in [-0.25, -0.2) is 0 Å². The molecule has 0 unspecified atom stereocenters. The average Bonchev–Trinajstić information content (AvgIpc) is 2.02. The lowest BCUT2D eigenvalue weighted by Crippen LogP contribution is -1.93. The van der Waals surface area contributed by atoms with E-state index in [1.165, 1.54) is 44.8 Å². The minimum absolute atomic E-state index is 0.778. The van der Waals surface area contributed by atoms with E-state index in [4.69, 9.17) is 0 Å². The summed E-state index contributed by atoms with van der Waals surface area (Å²) in [5.74, 6) is 0.778. The molecular weight excluding hydrogens is 143 g/mol. The third kappa shape index (κ3) is 10.1. The van der Waals surface area contributed by atoms with Crippen molar-refractivity contribution in [1.82, 2.24) is 0 Å². The third-order valence-corrected chi connectivity index (χ3v) is 2.20. The first kappa shape index (κ1) is 12.1. The van der Waals surface area contributed by atoms with Crippen LogP contribution < -0.4 is 0 Å². The Labute approximate surface area is 79.4 Å². The van der Waals surface area contributed by atoms with Gasteiger partial charge in [0.1, 0.15) is 7.28 Å². The van der Waals surface area contributed by atoms with Crippen molar-refractivity contribution in [3.8, 4) is 0 Å². The molecule has 0 aliphatic carbocycles. The molecule has 0 amide bonds. The van der Waals surface area contributed by atoms with E-state index in [9.17, 15) is 0 Å². The normalized spacial score (nSPS) is 10.7. The summed E-state index contributed by atoms with van der Waals surface area (Å²) in [5.41, 5.74) is 0. The van der Waals surface area contributed by atoms with Crippen molar-refractivity contribution in [1.29, 1.82) is 0 Å². The fourth-order valence-electron chi connectivity index (χ4n) is 1.38. The van der Waals surface area contributed by atoms with Crippen LogP contribution in [-0.4, -0.2) is 7.28 Å². The van der Waals surface area contributed by atoms with Gasteiger partial charge in [-0.3, -0.25) is 0 Å². The molecule has 0 N–H and O–H groups in total. The second-order valence-electron chi connectivity index (χ2n) is 4.04. The van der Waals surface area contributed by atoms with Crippen LogP contribution in [-0.2, 0) is 0 Å². The maximum atomic E-state index is 2.43. The summed E-state index contributed by atoms with van der Waals surface area (Å²) in [4.78, 5) is 0. The van der Waals surface area contributed by atoms with E-state index in [-0.39, 0.29) is 0 Å². The molecule has 12 heavy (non-hydrogen) atoms. The highest BCUT2D eigenvalue weighted by Crippen LogP contribution is 2.09. The summed E-state index contributed by atoms with van der Waals surface area (Å²) in [6.45, 7) is 6.79. The molecule has 0 saturated carbocycles. The first-order valence-electron chi connectivity index (χ1n) is 5.60. The van der Waals surface area contributed by atoms with Crippen LogP contribution in [0.1, 0.15) is 59.3 Å². The second-order valence-corrected chi connectivity index (χ2v) is 4.04. The van der Waals surface area contributed by atoms with Crippen molar-refractivity contribution in [2.75, 3.05) is 0 Å². The van der Waals surface area contributed by atoms with Crippen molar-refractivity contribution < 1.29 is 0 Å². The fraction of sp³-hybridized carbons (Fsp3) is 1.00. The summed E-state index contributed by atoms with van der Waals surface area (Å²) >= 11 is 0. The van der Waals surface area contributed by atoms with Crippen LogP contribution in [0.3, 0.4) is 0 Å². The predicted octanol–water partition coefficient (Wildman–Crippen LogP) is 4.30. The van der Waals surface area contributed by atoms with Crippen LogP contribution >= 0.6 is 0 Å². The molecule has 0 nitrogen and oxygen atoms in total. The molecule has 71 valence electrons. The lowest BCUT2D eigenvalue weighted by Gasteiger charge is -2.02. The van der Waals surface area contributed by atoms with Gasteiger partial charge in [0.2, 0.25) is 0 Å². The maximum Gasteiger partial charge on any atom is 0.112 e. The standard InChI is InChI=1S/C11H24B/c1-4-5-6-7-8-9-10-12-11(2)3/h11H,4-10H2,1-3H3. The van der Waals surface area contributed by atoms with Gasteiger partial charge in [0.05, 0.1) is 0 Å². The molecule has 1 heteroatoms. The number of hydrogen-bond donors (Lipinski definition) is 0. The molecule has 0 aromatic rings. The molecule has 0 aliphatic heterocycles. The highest BCUT2D eigenvalue weighted by Gasteiger charge is 1.95. The minimum atomic E-state index is 0.778. The van der Waals surface area contributed by atoms with Crippen LogP contribution in [0.5, 0.6) is 0 Å². The summed E-state index contributed by atoms with van der Waals surface area (Å²) in [7, 11) is 2.43. The molecule has 0 aliphatic rings. The Morgan fingerprint density at radius 1 is 0.917 bits per heavy atom. The van der Waals surface area contributed by atoms with Crippen LogP contribution in [0.4, 0.5) is 0 Å². The van der Waals surface area contributed by atoms with E-state index in [2.05, 4.69) is 28.1 Å². The topological polar surface area (TPSA) is 0 Å². The zero-order valence-corrected chi connectivity index (χ0v) is 9.10.